The highest BCUT2D eigenvalue weighted by molar-refractivity contribution is 7.99. The van der Waals surface area contributed by atoms with E-state index < -0.39 is 46.9 Å². The average molecular weight is 372 g/mol. The van der Waals surface area contributed by atoms with E-state index in [0.717, 1.165) is 0 Å². The molecule has 1 aromatic rings. The Hall–Kier alpha value is -2.07. The SMILES string of the molecule is CSC1C(OC(C)=O)C(COC(C)=O)OC1n1cc(C)c(=O)[nH]c1=O. The first-order valence-corrected chi connectivity index (χ1v) is 8.84. The molecule has 138 valence electrons. The summed E-state index contributed by atoms with van der Waals surface area (Å²) in [5.74, 6) is -1.00. The van der Waals surface area contributed by atoms with E-state index in [-0.39, 0.29) is 6.61 Å². The second-order valence-electron chi connectivity index (χ2n) is 5.62. The number of hydrogen-bond acceptors (Lipinski definition) is 8. The maximum absolute atomic E-state index is 12.2. The van der Waals surface area contributed by atoms with Gasteiger partial charge in [0.15, 0.2) is 6.23 Å². The molecule has 25 heavy (non-hydrogen) atoms. The van der Waals surface area contributed by atoms with Gasteiger partial charge in [-0.15, -0.1) is 0 Å². The number of nitrogens with one attached hydrogen (secondary N) is 1. The van der Waals surface area contributed by atoms with E-state index in [1.165, 1.54) is 36.4 Å². The van der Waals surface area contributed by atoms with Crippen molar-refractivity contribution in [1.29, 1.82) is 0 Å². The van der Waals surface area contributed by atoms with Crippen LogP contribution in [0, 0.1) is 6.92 Å². The molecule has 10 heteroatoms. The van der Waals surface area contributed by atoms with Gasteiger partial charge in [-0.25, -0.2) is 4.79 Å². The van der Waals surface area contributed by atoms with Crippen molar-refractivity contribution < 1.29 is 23.8 Å². The smallest absolute Gasteiger partial charge is 0.330 e. The predicted octanol–water partition coefficient (Wildman–Crippen LogP) is -0.0312. The molecular formula is C15H20N2O7S. The van der Waals surface area contributed by atoms with Crippen LogP contribution in [-0.4, -0.2) is 51.8 Å². The van der Waals surface area contributed by atoms with Crippen LogP contribution in [0.2, 0.25) is 0 Å². The number of nitrogens with zero attached hydrogens (tertiary/aromatic N) is 1. The van der Waals surface area contributed by atoms with E-state index in [0.29, 0.717) is 5.56 Å². The zero-order chi connectivity index (χ0) is 18.7. The monoisotopic (exact) mass is 372 g/mol. The molecule has 2 rings (SSSR count). The molecule has 0 saturated carbocycles. The topological polar surface area (TPSA) is 117 Å². The first kappa shape index (κ1) is 19.3. The highest BCUT2D eigenvalue weighted by atomic mass is 32.2. The molecule has 4 unspecified atom stereocenters. The van der Waals surface area contributed by atoms with Crippen LogP contribution in [0.1, 0.15) is 25.6 Å². The first-order valence-electron chi connectivity index (χ1n) is 7.55. The lowest BCUT2D eigenvalue weighted by atomic mass is 10.1. The van der Waals surface area contributed by atoms with Gasteiger partial charge in [0.2, 0.25) is 0 Å². The van der Waals surface area contributed by atoms with Crippen LogP contribution >= 0.6 is 11.8 Å². The quantitative estimate of drug-likeness (QED) is 0.716. The van der Waals surface area contributed by atoms with Crippen LogP contribution in [0.15, 0.2) is 15.8 Å². The summed E-state index contributed by atoms with van der Waals surface area (Å²) in [6.45, 7) is 3.98. The Bertz CT molecular complexity index is 772. The largest absolute Gasteiger partial charge is 0.463 e. The maximum atomic E-state index is 12.2. The summed E-state index contributed by atoms with van der Waals surface area (Å²) in [5.41, 5.74) is -0.766. The summed E-state index contributed by atoms with van der Waals surface area (Å²) in [6.07, 6.45) is 0.956. The minimum atomic E-state index is -0.789. The number of aryl methyl sites for hydroxylation is 1. The summed E-state index contributed by atoms with van der Waals surface area (Å²) in [4.78, 5) is 48.5. The number of rotatable bonds is 5. The van der Waals surface area contributed by atoms with Gasteiger partial charge in [-0.1, -0.05) is 0 Å². The number of hydrogen-bond donors (Lipinski definition) is 1. The minimum Gasteiger partial charge on any atom is -0.463 e. The number of carbonyl (C=O) groups is 2. The molecular weight excluding hydrogens is 352 g/mol. The first-order chi connectivity index (χ1) is 11.7. The van der Waals surface area contributed by atoms with Gasteiger partial charge in [0, 0.05) is 25.6 Å². The lowest BCUT2D eigenvalue weighted by Crippen LogP contribution is -2.39. The van der Waals surface area contributed by atoms with Gasteiger partial charge in [-0.2, -0.15) is 11.8 Å². The number of carbonyl (C=O) groups excluding carboxylic acids is 2. The van der Waals surface area contributed by atoms with Gasteiger partial charge in [0.1, 0.15) is 18.8 Å². The zero-order valence-corrected chi connectivity index (χ0v) is 15.1. The Morgan fingerprint density at radius 1 is 1.32 bits per heavy atom. The van der Waals surface area contributed by atoms with Crippen molar-refractivity contribution in [2.24, 2.45) is 0 Å². The fraction of sp³-hybridized carbons (Fsp3) is 0.600. The standard InChI is InChI=1S/C15H20N2O7S/c1-7-5-17(15(21)16-13(7)20)14-12(25-4)11(23-9(3)19)10(24-14)6-22-8(2)18/h5,10-12,14H,6H2,1-4H3,(H,16,20,21). The highest BCUT2D eigenvalue weighted by Gasteiger charge is 2.48. The Balaban J connectivity index is 2.39. The Morgan fingerprint density at radius 2 is 2.00 bits per heavy atom. The summed E-state index contributed by atoms with van der Waals surface area (Å²) < 4.78 is 17.4. The van der Waals surface area contributed by atoms with E-state index in [4.69, 9.17) is 14.2 Å². The third-order valence-corrected chi connectivity index (χ3v) is 4.78. The van der Waals surface area contributed by atoms with E-state index in [1.807, 2.05) is 0 Å². The Kier molecular flexibility index (Phi) is 6.07. The lowest BCUT2D eigenvalue weighted by molar-refractivity contribution is -0.155. The van der Waals surface area contributed by atoms with Gasteiger partial charge < -0.3 is 14.2 Å². The molecule has 1 aliphatic rings. The van der Waals surface area contributed by atoms with Gasteiger partial charge in [0.25, 0.3) is 5.56 Å². The fourth-order valence-electron chi connectivity index (χ4n) is 2.63. The molecule has 9 nitrogen and oxygen atoms in total. The van der Waals surface area contributed by atoms with Crippen molar-refractivity contribution in [3.63, 3.8) is 0 Å². The maximum Gasteiger partial charge on any atom is 0.330 e. The summed E-state index contributed by atoms with van der Waals surface area (Å²) in [5, 5.41) is -0.424. The third kappa shape index (κ3) is 4.31. The van der Waals surface area contributed by atoms with Crippen LogP contribution in [0.3, 0.4) is 0 Å². The van der Waals surface area contributed by atoms with Crippen molar-refractivity contribution in [3.8, 4) is 0 Å². The van der Waals surface area contributed by atoms with Crippen LogP contribution < -0.4 is 11.2 Å². The van der Waals surface area contributed by atoms with Crippen LogP contribution in [0.4, 0.5) is 0 Å². The summed E-state index contributed by atoms with van der Waals surface area (Å²) >= 11 is 1.35. The second kappa shape index (κ2) is 7.87. The van der Waals surface area contributed by atoms with E-state index >= 15 is 0 Å². The molecule has 0 amide bonds. The molecule has 0 aliphatic carbocycles. The number of thioether (sulfide) groups is 1. The number of aromatic amines is 1. The van der Waals surface area contributed by atoms with Gasteiger partial charge in [-0.05, 0) is 13.2 Å². The molecule has 0 spiro atoms. The number of H-pyrrole nitrogens is 1. The number of esters is 2. The van der Waals surface area contributed by atoms with Crippen molar-refractivity contribution in [2.45, 2.75) is 44.5 Å². The molecule has 1 N–H and O–H groups in total. The summed E-state index contributed by atoms with van der Waals surface area (Å²) in [6, 6.07) is 0. The predicted molar refractivity (Wildman–Crippen MR) is 89.5 cm³/mol. The van der Waals surface area contributed by atoms with E-state index in [9.17, 15) is 19.2 Å². The molecule has 4 atom stereocenters. The van der Waals surface area contributed by atoms with Crippen molar-refractivity contribution in [1.82, 2.24) is 9.55 Å². The second-order valence-corrected chi connectivity index (χ2v) is 6.64. The van der Waals surface area contributed by atoms with E-state index in [1.54, 1.807) is 13.2 Å². The minimum absolute atomic E-state index is 0.113. The molecule has 1 aliphatic heterocycles. The normalized spacial score (nSPS) is 25.6. The van der Waals surface area contributed by atoms with Crippen LogP contribution in [-0.2, 0) is 23.8 Å². The fourth-order valence-corrected chi connectivity index (χ4v) is 3.55. The third-order valence-electron chi connectivity index (χ3n) is 3.73. The molecule has 1 aromatic heterocycles. The highest BCUT2D eigenvalue weighted by Crippen LogP contribution is 2.38. The van der Waals surface area contributed by atoms with Crippen molar-refractivity contribution in [2.75, 3.05) is 12.9 Å². The van der Waals surface area contributed by atoms with Crippen molar-refractivity contribution in [3.05, 3.63) is 32.6 Å². The van der Waals surface area contributed by atoms with Gasteiger partial charge in [-0.3, -0.25) is 23.9 Å². The number of aromatic nitrogens is 2. The average Bonchev–Trinajstić information content (AvgIpc) is 2.85. The zero-order valence-electron chi connectivity index (χ0n) is 14.3. The molecule has 1 fully saturated rings. The Labute approximate surface area is 147 Å². The lowest BCUT2D eigenvalue weighted by Gasteiger charge is -2.22. The molecule has 0 bridgehead atoms. The summed E-state index contributed by atoms with van der Waals surface area (Å²) in [7, 11) is 0. The van der Waals surface area contributed by atoms with Gasteiger partial charge in [0.05, 0.1) is 5.25 Å². The van der Waals surface area contributed by atoms with Crippen LogP contribution in [0.25, 0.3) is 0 Å². The molecule has 1 saturated heterocycles. The Morgan fingerprint density at radius 3 is 2.56 bits per heavy atom. The molecule has 2 heterocycles. The van der Waals surface area contributed by atoms with Crippen molar-refractivity contribution >= 4 is 23.7 Å². The number of ether oxygens (including phenoxy) is 3. The molecule has 0 aromatic carbocycles. The van der Waals surface area contributed by atoms with E-state index in [2.05, 4.69) is 4.98 Å². The van der Waals surface area contributed by atoms with Gasteiger partial charge >= 0.3 is 17.6 Å². The molecule has 0 radical (unpaired) electrons. The van der Waals surface area contributed by atoms with Crippen LogP contribution in [0.5, 0.6) is 0 Å².